The van der Waals surface area contributed by atoms with E-state index < -0.39 is 6.04 Å². The highest BCUT2D eigenvalue weighted by Crippen LogP contribution is 2.32. The Balaban J connectivity index is 1.73. The van der Waals surface area contributed by atoms with E-state index in [1.165, 1.54) is 11.2 Å². The first kappa shape index (κ1) is 9.38. The van der Waals surface area contributed by atoms with Gasteiger partial charge in [-0.1, -0.05) is 5.16 Å². The van der Waals surface area contributed by atoms with E-state index in [2.05, 4.69) is 15.0 Å². The molecule has 1 unspecified atom stereocenters. The molecule has 1 saturated carbocycles. The smallest absolute Gasteiger partial charge is 0.252 e. The molecule has 1 aliphatic carbocycles. The van der Waals surface area contributed by atoms with Gasteiger partial charge in [0.05, 0.1) is 6.42 Å². The van der Waals surface area contributed by atoms with Gasteiger partial charge in [-0.3, -0.25) is 14.5 Å². The highest BCUT2D eigenvalue weighted by molar-refractivity contribution is 6.07. The maximum absolute atomic E-state index is 11.9. The molecule has 6 heteroatoms. The summed E-state index contributed by atoms with van der Waals surface area (Å²) in [7, 11) is 0. The van der Waals surface area contributed by atoms with Crippen LogP contribution in [0.5, 0.6) is 0 Å². The van der Waals surface area contributed by atoms with Crippen molar-refractivity contribution in [2.75, 3.05) is 5.32 Å². The molecule has 1 aromatic rings. The summed E-state index contributed by atoms with van der Waals surface area (Å²) in [6, 6.07) is 1.28. The van der Waals surface area contributed by atoms with Crippen molar-refractivity contribution >= 4 is 17.6 Å². The first-order valence-corrected chi connectivity index (χ1v) is 5.28. The Labute approximate surface area is 91.6 Å². The van der Waals surface area contributed by atoms with Crippen molar-refractivity contribution in [2.24, 2.45) is 0 Å². The molecule has 2 aliphatic rings. The van der Waals surface area contributed by atoms with E-state index >= 15 is 0 Å². The van der Waals surface area contributed by atoms with Crippen molar-refractivity contribution in [3.05, 3.63) is 12.3 Å². The Hall–Kier alpha value is -1.85. The molecule has 1 saturated heterocycles. The van der Waals surface area contributed by atoms with Crippen LogP contribution in [0.4, 0.5) is 5.82 Å². The van der Waals surface area contributed by atoms with Gasteiger partial charge in [-0.15, -0.1) is 0 Å². The Bertz CT molecular complexity index is 425. The maximum atomic E-state index is 11.9. The first-order chi connectivity index (χ1) is 7.75. The predicted molar refractivity (Wildman–Crippen MR) is 53.4 cm³/mol. The quantitative estimate of drug-likeness (QED) is 0.746. The number of carbonyl (C=O) groups excluding carboxylic acids is 2. The van der Waals surface area contributed by atoms with Crippen LogP contribution in [0.15, 0.2) is 16.9 Å². The molecule has 0 bridgehead atoms. The Kier molecular flexibility index (Phi) is 1.95. The number of hydrogen-bond acceptors (Lipinski definition) is 5. The molecule has 16 heavy (non-hydrogen) atoms. The lowest BCUT2D eigenvalue weighted by Crippen LogP contribution is -2.36. The van der Waals surface area contributed by atoms with Crippen LogP contribution in [0, 0.1) is 0 Å². The molecule has 2 amide bonds. The van der Waals surface area contributed by atoms with Crippen molar-refractivity contribution in [3.63, 3.8) is 0 Å². The standard InChI is InChI=1S/C10H11N3O3/c14-9-5-7(11-8-3-4-16-12-8)10(15)13(9)6-1-2-6/h3-4,6-7H,1-2,5H2,(H,11,12). The topological polar surface area (TPSA) is 75.4 Å². The fourth-order valence-corrected chi connectivity index (χ4v) is 1.95. The average Bonchev–Trinajstić information content (AvgIpc) is 2.86. The summed E-state index contributed by atoms with van der Waals surface area (Å²) in [5, 5.41) is 6.55. The second-order valence-electron chi connectivity index (χ2n) is 4.12. The van der Waals surface area contributed by atoms with Gasteiger partial charge in [-0.25, -0.2) is 0 Å². The van der Waals surface area contributed by atoms with Crippen LogP contribution in [0.1, 0.15) is 19.3 Å². The van der Waals surface area contributed by atoms with Crippen molar-refractivity contribution < 1.29 is 14.1 Å². The summed E-state index contributed by atoms with van der Waals surface area (Å²) >= 11 is 0. The van der Waals surface area contributed by atoms with Crippen molar-refractivity contribution in [2.45, 2.75) is 31.3 Å². The van der Waals surface area contributed by atoms with Crippen molar-refractivity contribution in [1.29, 1.82) is 0 Å². The molecule has 2 fully saturated rings. The first-order valence-electron chi connectivity index (χ1n) is 5.28. The SMILES string of the molecule is O=C1CC(Nc2ccon2)C(=O)N1C1CC1. The predicted octanol–water partition coefficient (Wildman–Crippen LogP) is 0.376. The number of rotatable bonds is 3. The zero-order valence-corrected chi connectivity index (χ0v) is 8.55. The maximum Gasteiger partial charge on any atom is 0.252 e. The molecule has 1 aromatic heterocycles. The summed E-state index contributed by atoms with van der Waals surface area (Å²) in [5.41, 5.74) is 0. The summed E-state index contributed by atoms with van der Waals surface area (Å²) < 4.78 is 4.65. The number of imide groups is 1. The van der Waals surface area contributed by atoms with E-state index in [0.717, 1.165) is 12.8 Å². The molecule has 1 aliphatic heterocycles. The largest absolute Gasteiger partial charge is 0.363 e. The zero-order valence-electron chi connectivity index (χ0n) is 8.55. The number of aromatic nitrogens is 1. The molecule has 1 atom stereocenters. The summed E-state index contributed by atoms with van der Waals surface area (Å²) in [6.45, 7) is 0. The highest BCUT2D eigenvalue weighted by atomic mass is 16.5. The lowest BCUT2D eigenvalue weighted by atomic mass is 10.2. The lowest BCUT2D eigenvalue weighted by Gasteiger charge is -2.13. The fraction of sp³-hybridized carbons (Fsp3) is 0.500. The van der Waals surface area contributed by atoms with Crippen LogP contribution in [0.25, 0.3) is 0 Å². The van der Waals surface area contributed by atoms with Gasteiger partial charge in [0, 0.05) is 12.1 Å². The van der Waals surface area contributed by atoms with Gasteiger partial charge in [0.15, 0.2) is 5.82 Å². The Morgan fingerprint density at radius 3 is 2.88 bits per heavy atom. The van der Waals surface area contributed by atoms with Gasteiger partial charge in [0.1, 0.15) is 12.3 Å². The zero-order chi connectivity index (χ0) is 11.1. The third kappa shape index (κ3) is 1.46. The van der Waals surface area contributed by atoms with Gasteiger partial charge in [0.2, 0.25) is 5.91 Å². The number of anilines is 1. The Morgan fingerprint density at radius 2 is 2.25 bits per heavy atom. The second kappa shape index (κ2) is 3.33. The average molecular weight is 221 g/mol. The minimum atomic E-state index is -0.488. The number of amides is 2. The van der Waals surface area contributed by atoms with Gasteiger partial charge in [-0.05, 0) is 12.8 Å². The molecule has 2 heterocycles. The fourth-order valence-electron chi connectivity index (χ4n) is 1.95. The van der Waals surface area contributed by atoms with Crippen LogP contribution in [0.2, 0.25) is 0 Å². The second-order valence-corrected chi connectivity index (χ2v) is 4.12. The molecular weight excluding hydrogens is 210 g/mol. The van der Waals surface area contributed by atoms with Gasteiger partial charge < -0.3 is 9.84 Å². The Morgan fingerprint density at radius 1 is 1.44 bits per heavy atom. The molecule has 1 N–H and O–H groups in total. The minimum Gasteiger partial charge on any atom is -0.363 e. The van der Waals surface area contributed by atoms with E-state index in [1.807, 2.05) is 0 Å². The van der Waals surface area contributed by atoms with Crippen LogP contribution >= 0.6 is 0 Å². The van der Waals surface area contributed by atoms with Gasteiger partial charge >= 0.3 is 0 Å². The number of hydrogen-bond donors (Lipinski definition) is 1. The van der Waals surface area contributed by atoms with Gasteiger partial charge in [-0.2, -0.15) is 0 Å². The molecular formula is C10H11N3O3. The van der Waals surface area contributed by atoms with E-state index in [1.54, 1.807) is 6.07 Å². The normalized spacial score (nSPS) is 25.2. The number of likely N-dealkylation sites (tertiary alicyclic amines) is 1. The van der Waals surface area contributed by atoms with Crippen LogP contribution in [-0.4, -0.2) is 34.0 Å². The summed E-state index contributed by atoms with van der Waals surface area (Å²) in [6.07, 6.45) is 3.51. The lowest BCUT2D eigenvalue weighted by molar-refractivity contribution is -0.139. The molecule has 6 nitrogen and oxygen atoms in total. The van der Waals surface area contributed by atoms with Crippen LogP contribution in [-0.2, 0) is 9.59 Å². The van der Waals surface area contributed by atoms with Crippen LogP contribution < -0.4 is 5.32 Å². The molecule has 0 aromatic carbocycles. The van der Waals surface area contributed by atoms with E-state index in [4.69, 9.17) is 0 Å². The van der Waals surface area contributed by atoms with E-state index in [0.29, 0.717) is 5.82 Å². The third-order valence-corrected chi connectivity index (χ3v) is 2.85. The summed E-state index contributed by atoms with van der Waals surface area (Å²) in [5.74, 6) is 0.257. The molecule has 0 radical (unpaired) electrons. The summed E-state index contributed by atoms with van der Waals surface area (Å²) in [4.78, 5) is 24.9. The monoisotopic (exact) mass is 221 g/mol. The van der Waals surface area contributed by atoms with Gasteiger partial charge in [0.25, 0.3) is 5.91 Å². The number of nitrogens with zero attached hydrogens (tertiary/aromatic N) is 2. The van der Waals surface area contributed by atoms with Crippen LogP contribution in [0.3, 0.4) is 0 Å². The van der Waals surface area contributed by atoms with E-state index in [-0.39, 0.29) is 24.3 Å². The van der Waals surface area contributed by atoms with E-state index in [9.17, 15) is 9.59 Å². The highest BCUT2D eigenvalue weighted by Gasteiger charge is 2.46. The molecule has 0 spiro atoms. The number of carbonyl (C=O) groups is 2. The van der Waals surface area contributed by atoms with Crippen molar-refractivity contribution in [1.82, 2.24) is 10.1 Å². The minimum absolute atomic E-state index is 0.0894. The number of nitrogens with one attached hydrogen (secondary N) is 1. The molecule has 3 rings (SSSR count). The van der Waals surface area contributed by atoms with Crippen molar-refractivity contribution in [3.8, 4) is 0 Å². The molecule has 84 valence electrons. The third-order valence-electron chi connectivity index (χ3n) is 2.85.